The Labute approximate surface area is 148 Å². The molecule has 1 aromatic carbocycles. The van der Waals surface area contributed by atoms with Gasteiger partial charge in [-0.05, 0) is 24.3 Å². The number of urea groups is 1. The number of hydrogen-bond acceptors (Lipinski definition) is 3. The van der Waals surface area contributed by atoms with Gasteiger partial charge < -0.3 is 16.0 Å². The van der Waals surface area contributed by atoms with Gasteiger partial charge in [0.05, 0.1) is 5.25 Å². The number of likely N-dealkylation sites (tertiary alicyclic amines) is 1. The highest BCUT2D eigenvalue weighted by Crippen LogP contribution is 2.24. The van der Waals surface area contributed by atoms with Crippen molar-refractivity contribution in [3.63, 3.8) is 0 Å². The van der Waals surface area contributed by atoms with Crippen LogP contribution < -0.4 is 11.1 Å². The van der Waals surface area contributed by atoms with Crippen LogP contribution in [0, 0.1) is 5.92 Å². The van der Waals surface area contributed by atoms with Gasteiger partial charge in [-0.2, -0.15) is 0 Å². The summed E-state index contributed by atoms with van der Waals surface area (Å²) in [6.07, 6.45) is 1.53. The van der Waals surface area contributed by atoms with Crippen LogP contribution in [0.25, 0.3) is 0 Å². The van der Waals surface area contributed by atoms with E-state index in [1.54, 1.807) is 16.7 Å². The molecule has 0 unspecified atom stereocenters. The summed E-state index contributed by atoms with van der Waals surface area (Å²) in [4.78, 5) is 25.4. The molecule has 1 aliphatic heterocycles. The lowest BCUT2D eigenvalue weighted by molar-refractivity contribution is -0.122. The van der Waals surface area contributed by atoms with Crippen molar-refractivity contribution in [1.82, 2.24) is 10.2 Å². The smallest absolute Gasteiger partial charge is 0.314 e. The number of nitrogens with one attached hydrogen (secondary N) is 1. The summed E-state index contributed by atoms with van der Waals surface area (Å²) in [5.41, 5.74) is 6.53. The number of piperidine rings is 1. The third kappa shape index (κ3) is 5.44. The summed E-state index contributed by atoms with van der Waals surface area (Å²) >= 11 is 1.69. The van der Waals surface area contributed by atoms with Crippen molar-refractivity contribution < 1.29 is 9.59 Å². The third-order valence-corrected chi connectivity index (χ3v) is 5.91. The van der Waals surface area contributed by atoms with E-state index in [1.165, 1.54) is 5.56 Å². The van der Waals surface area contributed by atoms with Crippen LogP contribution >= 0.6 is 11.8 Å². The molecule has 3 N–H and O–H groups in total. The number of benzene rings is 1. The van der Waals surface area contributed by atoms with Gasteiger partial charge in [0.15, 0.2) is 0 Å². The van der Waals surface area contributed by atoms with E-state index in [-0.39, 0.29) is 29.1 Å². The second-order valence-electron chi connectivity index (χ2n) is 6.57. The third-order valence-electron chi connectivity index (χ3n) is 4.29. The van der Waals surface area contributed by atoms with E-state index in [9.17, 15) is 9.59 Å². The second-order valence-corrected chi connectivity index (χ2v) is 7.70. The molecule has 1 aliphatic rings. The molecule has 6 heteroatoms. The number of carbonyl (C=O) groups excluding carboxylic acids is 2. The summed E-state index contributed by atoms with van der Waals surface area (Å²) in [6, 6.07) is 9.97. The number of amides is 3. The van der Waals surface area contributed by atoms with E-state index in [0.29, 0.717) is 13.1 Å². The molecular formula is C18H27N3O2S. The van der Waals surface area contributed by atoms with Gasteiger partial charge >= 0.3 is 6.03 Å². The maximum atomic E-state index is 12.7. The summed E-state index contributed by atoms with van der Waals surface area (Å²) in [6.45, 7) is 5.39. The Hall–Kier alpha value is -1.69. The number of nitrogens with zero attached hydrogens (tertiary/aromatic N) is 1. The van der Waals surface area contributed by atoms with Crippen LogP contribution in [0.2, 0.25) is 0 Å². The minimum absolute atomic E-state index is 0.0700. The standard InChI is InChI=1S/C18H27N3O2S/c1-13(2)16(24-12-14-6-4-3-5-7-14)17(22)20-15-8-10-21(11-9-15)18(19)23/h3-7,13,15-16H,8-12H2,1-2H3,(H2,19,23)(H,20,22)/t16-/m0/s1. The van der Waals surface area contributed by atoms with Crippen molar-refractivity contribution in [3.8, 4) is 0 Å². The van der Waals surface area contributed by atoms with Crippen molar-refractivity contribution in [3.05, 3.63) is 35.9 Å². The Kier molecular flexibility index (Phi) is 6.97. The van der Waals surface area contributed by atoms with Gasteiger partial charge in [0.2, 0.25) is 5.91 Å². The van der Waals surface area contributed by atoms with Crippen LogP contribution in [0.5, 0.6) is 0 Å². The van der Waals surface area contributed by atoms with Gasteiger partial charge in [-0.25, -0.2) is 4.79 Å². The average molecular weight is 350 g/mol. The van der Waals surface area contributed by atoms with Crippen LogP contribution in [-0.4, -0.2) is 41.2 Å². The van der Waals surface area contributed by atoms with E-state index in [4.69, 9.17) is 5.73 Å². The zero-order valence-corrected chi connectivity index (χ0v) is 15.2. The fraction of sp³-hybridized carbons (Fsp3) is 0.556. The first kappa shape index (κ1) is 18.6. The van der Waals surface area contributed by atoms with Crippen LogP contribution in [0.15, 0.2) is 30.3 Å². The normalized spacial score (nSPS) is 16.9. The molecule has 0 aliphatic carbocycles. The summed E-state index contributed by atoms with van der Waals surface area (Å²) < 4.78 is 0. The van der Waals surface area contributed by atoms with E-state index in [1.807, 2.05) is 18.2 Å². The van der Waals surface area contributed by atoms with Gasteiger partial charge in [0.1, 0.15) is 0 Å². The lowest BCUT2D eigenvalue weighted by atomic mass is 10.0. The highest BCUT2D eigenvalue weighted by molar-refractivity contribution is 7.99. The molecule has 1 saturated heterocycles. The van der Waals surface area contributed by atoms with Gasteiger partial charge in [0.25, 0.3) is 0 Å². The molecule has 1 fully saturated rings. The SMILES string of the molecule is CC(C)[C@H](SCc1ccccc1)C(=O)NC1CCN(C(N)=O)CC1. The first-order valence-electron chi connectivity index (χ1n) is 8.47. The number of rotatable bonds is 6. The van der Waals surface area contributed by atoms with E-state index in [0.717, 1.165) is 18.6 Å². The monoisotopic (exact) mass is 349 g/mol. The van der Waals surface area contributed by atoms with Crippen LogP contribution in [-0.2, 0) is 10.5 Å². The highest BCUT2D eigenvalue weighted by Gasteiger charge is 2.27. The van der Waals surface area contributed by atoms with Crippen LogP contribution in [0.4, 0.5) is 4.79 Å². The molecule has 0 spiro atoms. The molecule has 2 rings (SSSR count). The van der Waals surface area contributed by atoms with E-state index >= 15 is 0 Å². The zero-order valence-electron chi connectivity index (χ0n) is 14.4. The molecule has 0 bridgehead atoms. The van der Waals surface area contributed by atoms with Gasteiger partial charge in [0, 0.05) is 24.9 Å². The molecule has 1 atom stereocenters. The number of thioether (sulfide) groups is 1. The molecule has 0 saturated carbocycles. The number of hydrogen-bond donors (Lipinski definition) is 2. The topological polar surface area (TPSA) is 75.4 Å². The van der Waals surface area contributed by atoms with Crippen molar-refractivity contribution in [2.75, 3.05) is 13.1 Å². The molecule has 5 nitrogen and oxygen atoms in total. The fourth-order valence-corrected chi connectivity index (χ4v) is 4.03. The molecule has 132 valence electrons. The number of carbonyl (C=O) groups is 2. The fourth-order valence-electron chi connectivity index (χ4n) is 2.86. The maximum absolute atomic E-state index is 12.7. The molecular weight excluding hydrogens is 322 g/mol. The zero-order chi connectivity index (χ0) is 17.5. The van der Waals surface area contributed by atoms with Crippen LogP contribution in [0.1, 0.15) is 32.3 Å². The van der Waals surface area contributed by atoms with E-state index < -0.39 is 0 Å². The average Bonchev–Trinajstić information content (AvgIpc) is 2.56. The molecule has 0 aromatic heterocycles. The summed E-state index contributed by atoms with van der Waals surface area (Å²) in [5, 5.41) is 3.09. The predicted octanol–water partition coefficient (Wildman–Crippen LogP) is 2.60. The minimum Gasteiger partial charge on any atom is -0.352 e. The quantitative estimate of drug-likeness (QED) is 0.829. The second kappa shape index (κ2) is 8.97. The first-order chi connectivity index (χ1) is 11.5. The van der Waals surface area contributed by atoms with Crippen molar-refractivity contribution >= 4 is 23.7 Å². The summed E-state index contributed by atoms with van der Waals surface area (Å²) in [5.74, 6) is 1.20. The van der Waals surface area contributed by atoms with Gasteiger partial charge in [-0.15, -0.1) is 11.8 Å². The Bertz CT molecular complexity index is 542. The predicted molar refractivity (Wildman–Crippen MR) is 98.7 cm³/mol. The molecule has 3 amide bonds. The Morgan fingerprint density at radius 2 is 1.88 bits per heavy atom. The molecule has 1 heterocycles. The molecule has 24 heavy (non-hydrogen) atoms. The largest absolute Gasteiger partial charge is 0.352 e. The number of nitrogens with two attached hydrogens (primary N) is 1. The van der Waals surface area contributed by atoms with Crippen molar-refractivity contribution in [2.24, 2.45) is 11.7 Å². The summed E-state index contributed by atoms with van der Waals surface area (Å²) in [7, 11) is 0. The molecule has 0 radical (unpaired) electrons. The first-order valence-corrected chi connectivity index (χ1v) is 9.52. The molecule has 1 aromatic rings. The number of primary amides is 1. The minimum atomic E-state index is -0.377. The van der Waals surface area contributed by atoms with Crippen LogP contribution in [0.3, 0.4) is 0 Å². The lowest BCUT2D eigenvalue weighted by Crippen LogP contribution is -2.50. The maximum Gasteiger partial charge on any atom is 0.314 e. The Morgan fingerprint density at radius 3 is 2.42 bits per heavy atom. The van der Waals surface area contributed by atoms with E-state index in [2.05, 4.69) is 31.3 Å². The Balaban J connectivity index is 1.84. The van der Waals surface area contributed by atoms with Crippen molar-refractivity contribution in [2.45, 2.75) is 43.7 Å². The van der Waals surface area contributed by atoms with Gasteiger partial charge in [-0.1, -0.05) is 44.2 Å². The highest BCUT2D eigenvalue weighted by atomic mass is 32.2. The van der Waals surface area contributed by atoms with Gasteiger partial charge in [-0.3, -0.25) is 4.79 Å². The Morgan fingerprint density at radius 1 is 1.25 bits per heavy atom. The van der Waals surface area contributed by atoms with Crippen molar-refractivity contribution in [1.29, 1.82) is 0 Å². The lowest BCUT2D eigenvalue weighted by Gasteiger charge is -2.32.